The molecule has 1 unspecified atom stereocenters. The Labute approximate surface area is 283 Å². The minimum atomic E-state index is -3.90. The smallest absolute Gasteiger partial charge is 0.243 e. The highest BCUT2D eigenvalue weighted by atomic mass is 32.2. The molecule has 10 heteroatoms. The van der Waals surface area contributed by atoms with Crippen molar-refractivity contribution >= 4 is 47.5 Å². The van der Waals surface area contributed by atoms with E-state index in [1.165, 1.54) is 4.31 Å². The van der Waals surface area contributed by atoms with Gasteiger partial charge in [-0.25, -0.2) is 21.6 Å². The number of rotatable bonds is 12. The van der Waals surface area contributed by atoms with Crippen LogP contribution in [0.15, 0.2) is 120 Å². The molecule has 1 N–H and O–H groups in total. The highest BCUT2D eigenvalue weighted by Gasteiger charge is 2.39. The van der Waals surface area contributed by atoms with Crippen LogP contribution in [0.1, 0.15) is 37.3 Å². The molecule has 1 aliphatic heterocycles. The molecule has 1 aliphatic rings. The molecule has 0 aliphatic carbocycles. The molecule has 0 spiro atoms. The molecule has 1 saturated heterocycles. The highest BCUT2D eigenvalue weighted by Crippen LogP contribution is 2.28. The topological polar surface area (TPSA) is 104 Å². The molecular formula is C38H41N3O5S2. The van der Waals surface area contributed by atoms with Crippen LogP contribution in [0, 0.1) is 0 Å². The predicted molar refractivity (Wildman–Crippen MR) is 191 cm³/mol. The van der Waals surface area contributed by atoms with Crippen LogP contribution in [0.5, 0.6) is 0 Å². The largest absolute Gasteiger partial charge is 0.338 e. The quantitative estimate of drug-likeness (QED) is 0.171. The number of carbonyl (C=O) groups is 1. The predicted octanol–water partition coefficient (Wildman–Crippen LogP) is 6.12. The Balaban J connectivity index is 1.27. The third kappa shape index (κ3) is 7.79. The van der Waals surface area contributed by atoms with Crippen LogP contribution in [0.2, 0.25) is 0 Å². The number of nitrogens with zero attached hydrogens (tertiary/aromatic N) is 2. The van der Waals surface area contributed by atoms with E-state index in [0.29, 0.717) is 12.0 Å². The first-order chi connectivity index (χ1) is 23.1. The van der Waals surface area contributed by atoms with Crippen LogP contribution in [0.3, 0.4) is 0 Å². The van der Waals surface area contributed by atoms with E-state index in [1.54, 1.807) is 41.3 Å². The van der Waals surface area contributed by atoms with Crippen molar-refractivity contribution in [1.29, 1.82) is 0 Å². The van der Waals surface area contributed by atoms with Crippen molar-refractivity contribution in [3.05, 3.63) is 126 Å². The van der Waals surface area contributed by atoms with E-state index < -0.39 is 32.1 Å². The van der Waals surface area contributed by atoms with Crippen molar-refractivity contribution < 1.29 is 21.6 Å². The van der Waals surface area contributed by atoms with Crippen LogP contribution < -0.4 is 4.72 Å². The number of carbonyl (C=O) groups excluding carboxylic acids is 1. The fraction of sp³-hybridized carbons (Fsp3) is 0.289. The first-order valence-corrected chi connectivity index (χ1v) is 19.5. The van der Waals surface area contributed by atoms with Gasteiger partial charge in [-0.15, -0.1) is 0 Å². The van der Waals surface area contributed by atoms with E-state index in [4.69, 9.17) is 0 Å². The van der Waals surface area contributed by atoms with Crippen LogP contribution in [-0.2, 0) is 37.0 Å². The maximum atomic E-state index is 14.3. The lowest BCUT2D eigenvalue weighted by Gasteiger charge is -2.41. The number of hydrogen-bond donors (Lipinski definition) is 1. The lowest BCUT2D eigenvalue weighted by Crippen LogP contribution is -2.60. The Kier molecular flexibility index (Phi) is 10.3. The van der Waals surface area contributed by atoms with Gasteiger partial charge in [0.1, 0.15) is 6.04 Å². The monoisotopic (exact) mass is 683 g/mol. The number of benzene rings is 5. The van der Waals surface area contributed by atoms with Crippen LogP contribution in [-0.4, -0.2) is 63.7 Å². The lowest BCUT2D eigenvalue weighted by atomic mass is 10.0. The fourth-order valence-corrected chi connectivity index (χ4v) is 9.55. The number of nitrogens with one attached hydrogen (secondary N) is 1. The molecule has 2 atom stereocenters. The second kappa shape index (κ2) is 14.6. The van der Waals surface area contributed by atoms with Crippen molar-refractivity contribution in [3.8, 4) is 0 Å². The van der Waals surface area contributed by atoms with Gasteiger partial charge in [-0.3, -0.25) is 4.79 Å². The number of unbranched alkanes of at least 4 members (excludes halogenated alkanes) is 1. The molecule has 5 aromatic rings. The highest BCUT2D eigenvalue weighted by molar-refractivity contribution is 7.89. The Morgan fingerprint density at radius 2 is 1.38 bits per heavy atom. The summed E-state index contributed by atoms with van der Waals surface area (Å²) in [6, 6.07) is 34.0. The average Bonchev–Trinajstić information content (AvgIpc) is 3.09. The summed E-state index contributed by atoms with van der Waals surface area (Å²) in [6.07, 6.45) is 2.41. The molecule has 1 heterocycles. The molecule has 6 rings (SSSR count). The third-order valence-electron chi connectivity index (χ3n) is 9.03. The SMILES string of the molecule is CCCCC1CN(C(=O)[C@H](Cc2ccc3ccccc3c2)NS(=O)(=O)Cc2ccccc2)CCN1S(=O)(=O)c1ccc2ccccc2c1. The first kappa shape index (κ1) is 33.8. The Morgan fingerprint density at radius 3 is 2.06 bits per heavy atom. The number of hydrogen-bond acceptors (Lipinski definition) is 5. The van der Waals surface area contributed by atoms with Crippen LogP contribution in [0.4, 0.5) is 0 Å². The summed E-state index contributed by atoms with van der Waals surface area (Å²) in [5.74, 6) is -0.615. The molecular weight excluding hydrogens is 643 g/mol. The second-order valence-corrected chi connectivity index (χ2v) is 16.2. The Morgan fingerprint density at radius 1 is 0.750 bits per heavy atom. The summed E-state index contributed by atoms with van der Waals surface area (Å²) >= 11 is 0. The van der Waals surface area contributed by atoms with Crippen molar-refractivity contribution in [2.75, 3.05) is 19.6 Å². The van der Waals surface area contributed by atoms with Crippen molar-refractivity contribution in [2.45, 2.75) is 55.3 Å². The fourth-order valence-electron chi connectivity index (χ4n) is 6.55. The molecule has 0 aromatic heterocycles. The van der Waals surface area contributed by atoms with Gasteiger partial charge in [0.05, 0.1) is 10.6 Å². The van der Waals surface area contributed by atoms with Gasteiger partial charge in [-0.05, 0) is 57.6 Å². The molecule has 5 aromatic carbocycles. The van der Waals surface area contributed by atoms with Crippen molar-refractivity contribution in [1.82, 2.24) is 13.9 Å². The molecule has 0 bridgehead atoms. The average molecular weight is 684 g/mol. The third-order valence-corrected chi connectivity index (χ3v) is 12.3. The van der Waals surface area contributed by atoms with Gasteiger partial charge in [0.15, 0.2) is 0 Å². The van der Waals surface area contributed by atoms with E-state index >= 15 is 0 Å². The number of sulfonamides is 2. The lowest BCUT2D eigenvalue weighted by molar-refractivity contribution is -0.135. The summed E-state index contributed by atoms with van der Waals surface area (Å²) in [5.41, 5.74) is 1.45. The zero-order valence-electron chi connectivity index (χ0n) is 27.0. The van der Waals surface area contributed by atoms with Crippen LogP contribution in [0.25, 0.3) is 21.5 Å². The molecule has 1 amide bonds. The molecule has 1 fully saturated rings. The maximum absolute atomic E-state index is 14.3. The van der Waals surface area contributed by atoms with E-state index in [9.17, 15) is 21.6 Å². The minimum absolute atomic E-state index is 0.120. The van der Waals surface area contributed by atoms with Crippen molar-refractivity contribution in [3.63, 3.8) is 0 Å². The molecule has 48 heavy (non-hydrogen) atoms. The normalized spacial score (nSPS) is 16.7. The maximum Gasteiger partial charge on any atom is 0.243 e. The van der Waals surface area contributed by atoms with Gasteiger partial charge in [0.2, 0.25) is 26.0 Å². The Hall–Kier alpha value is -4.09. The van der Waals surface area contributed by atoms with E-state index in [2.05, 4.69) is 11.6 Å². The summed E-state index contributed by atoms with van der Waals surface area (Å²) in [4.78, 5) is 16.2. The van der Waals surface area contributed by atoms with Crippen LogP contribution >= 0.6 is 0 Å². The van der Waals surface area contributed by atoms with Gasteiger partial charge in [0, 0.05) is 25.7 Å². The van der Waals surface area contributed by atoms with E-state index in [1.807, 2.05) is 78.9 Å². The number of amides is 1. The van der Waals surface area contributed by atoms with Gasteiger partial charge in [-0.1, -0.05) is 123 Å². The molecule has 8 nitrogen and oxygen atoms in total. The van der Waals surface area contributed by atoms with Gasteiger partial charge < -0.3 is 4.90 Å². The van der Waals surface area contributed by atoms with Crippen molar-refractivity contribution in [2.24, 2.45) is 0 Å². The summed E-state index contributed by atoms with van der Waals surface area (Å²) < 4.78 is 59.3. The van der Waals surface area contributed by atoms with E-state index in [0.717, 1.165) is 39.9 Å². The summed E-state index contributed by atoms with van der Waals surface area (Å²) in [7, 11) is -7.75. The minimum Gasteiger partial charge on any atom is -0.338 e. The zero-order valence-corrected chi connectivity index (χ0v) is 28.7. The van der Waals surface area contributed by atoms with Gasteiger partial charge in [-0.2, -0.15) is 4.31 Å². The Bertz CT molecular complexity index is 2120. The summed E-state index contributed by atoms with van der Waals surface area (Å²) in [5, 5.41) is 3.86. The van der Waals surface area contributed by atoms with E-state index in [-0.39, 0.29) is 42.6 Å². The first-order valence-electron chi connectivity index (χ1n) is 16.4. The molecule has 0 saturated carbocycles. The standard InChI is InChI=1S/C38H41N3O5S2/c1-2-3-17-35-27-40(22-23-41(35)48(45,46)36-21-20-32-14-8-10-16-34(32)26-36)38(42)37(39-47(43,44)28-29-11-5-4-6-12-29)25-30-18-19-31-13-7-9-15-33(31)24-30/h4-16,18-21,24,26,35,37,39H,2-3,17,22-23,25,27-28H2,1H3/t35?,37-/m0/s1. The van der Waals surface area contributed by atoms with Gasteiger partial charge >= 0.3 is 0 Å². The molecule has 250 valence electrons. The second-order valence-electron chi connectivity index (χ2n) is 12.5. The zero-order chi connectivity index (χ0) is 33.7. The summed E-state index contributed by atoms with van der Waals surface area (Å²) in [6.45, 7) is 2.51. The number of fused-ring (bicyclic) bond motifs is 2. The number of piperazine rings is 1. The molecule has 0 radical (unpaired) electrons. The van der Waals surface area contributed by atoms with Gasteiger partial charge in [0.25, 0.3) is 0 Å².